The lowest BCUT2D eigenvalue weighted by Gasteiger charge is -2.28. The number of imidazole rings is 1. The summed E-state index contributed by atoms with van der Waals surface area (Å²) in [5, 5.41) is 12.8. The molecule has 0 radical (unpaired) electrons. The molecular weight excluding hydrogens is 685 g/mol. The molecule has 0 saturated heterocycles. The highest BCUT2D eigenvalue weighted by molar-refractivity contribution is 7.98. The van der Waals surface area contributed by atoms with Gasteiger partial charge in [-0.1, -0.05) is 54.9 Å². The predicted molar refractivity (Wildman–Crippen MR) is 183 cm³/mol. The van der Waals surface area contributed by atoms with E-state index in [-0.39, 0.29) is 40.8 Å². The fourth-order valence-electron chi connectivity index (χ4n) is 4.92. The van der Waals surface area contributed by atoms with Crippen LogP contribution in [0.15, 0.2) is 70.9 Å². The number of guanidine groups is 1. The fraction of sp³-hybridized carbons (Fsp3) is 0.273. The Kier molecular flexibility index (Phi) is 11.9. The summed E-state index contributed by atoms with van der Waals surface area (Å²) in [5.41, 5.74) is 12.2. The van der Waals surface area contributed by atoms with Crippen LogP contribution in [0.4, 0.5) is 8.78 Å². The number of ether oxygens (including phenoxy) is 1. The molecule has 15 heteroatoms. The van der Waals surface area contributed by atoms with Crippen LogP contribution in [-0.4, -0.2) is 52.2 Å². The van der Waals surface area contributed by atoms with Crippen LogP contribution < -0.4 is 21.5 Å². The van der Waals surface area contributed by atoms with Crippen molar-refractivity contribution in [3.05, 3.63) is 105 Å². The van der Waals surface area contributed by atoms with Gasteiger partial charge in [0.05, 0.1) is 24.0 Å². The summed E-state index contributed by atoms with van der Waals surface area (Å²) in [6.07, 6.45) is 2.04. The number of nitrogens with one attached hydrogen (secondary N) is 1. The summed E-state index contributed by atoms with van der Waals surface area (Å²) in [7, 11) is 1.53. The van der Waals surface area contributed by atoms with Crippen LogP contribution in [0, 0.1) is 11.6 Å². The van der Waals surface area contributed by atoms with Gasteiger partial charge in [0, 0.05) is 39.5 Å². The van der Waals surface area contributed by atoms with E-state index < -0.39 is 35.0 Å². The Labute approximate surface area is 290 Å². The molecule has 254 valence electrons. The van der Waals surface area contributed by atoms with Crippen LogP contribution in [0.5, 0.6) is 5.75 Å². The molecule has 4 rings (SSSR count). The Morgan fingerprint density at radius 1 is 1.10 bits per heavy atom. The van der Waals surface area contributed by atoms with Crippen LogP contribution in [0.2, 0.25) is 10.0 Å². The fourth-order valence-corrected chi connectivity index (χ4v) is 6.50. The van der Waals surface area contributed by atoms with E-state index in [1.807, 2.05) is 30.5 Å². The van der Waals surface area contributed by atoms with Crippen molar-refractivity contribution in [1.82, 2.24) is 14.9 Å². The Balaban J connectivity index is 1.60. The average molecular weight is 720 g/mol. The minimum Gasteiger partial charge on any atom is -0.495 e. The number of rotatable bonds is 14. The predicted octanol–water partition coefficient (Wildman–Crippen LogP) is 6.32. The summed E-state index contributed by atoms with van der Waals surface area (Å²) < 4.78 is 36.7. The molecule has 0 aliphatic rings. The van der Waals surface area contributed by atoms with Gasteiger partial charge in [0.2, 0.25) is 0 Å². The van der Waals surface area contributed by atoms with Gasteiger partial charge < -0.3 is 26.6 Å². The first-order valence-corrected chi connectivity index (χ1v) is 16.3. The molecule has 3 aromatic carbocycles. The van der Waals surface area contributed by atoms with Gasteiger partial charge in [0.1, 0.15) is 23.4 Å². The van der Waals surface area contributed by atoms with Crippen LogP contribution in [0.1, 0.15) is 53.9 Å². The number of thioether (sulfide) groups is 1. The first-order valence-electron chi connectivity index (χ1n) is 14.6. The van der Waals surface area contributed by atoms with Gasteiger partial charge >= 0.3 is 5.97 Å². The number of aromatic nitrogens is 2. The SMILES string of the molecule is COc1cc(C(C)(C)c2cnc(SCc3c(F)cc(C(=O)NC(CCCN=C(N)N)C(=O)O)cc3Cl)n2-c2ccc(F)cc2)ccc1Cl. The summed E-state index contributed by atoms with van der Waals surface area (Å²) in [6.45, 7) is 4.18. The largest absolute Gasteiger partial charge is 0.495 e. The topological polar surface area (TPSA) is 158 Å². The highest BCUT2D eigenvalue weighted by atomic mass is 35.5. The lowest BCUT2D eigenvalue weighted by atomic mass is 9.81. The number of aliphatic imine (C=N–C) groups is 1. The second kappa shape index (κ2) is 15.7. The zero-order chi connectivity index (χ0) is 35.2. The third-order valence-electron chi connectivity index (χ3n) is 7.62. The van der Waals surface area contributed by atoms with Gasteiger partial charge in [-0.3, -0.25) is 14.4 Å². The number of carbonyl (C=O) groups is 2. The Morgan fingerprint density at radius 2 is 1.81 bits per heavy atom. The molecule has 6 N–H and O–H groups in total. The third-order valence-corrected chi connectivity index (χ3v) is 9.25. The summed E-state index contributed by atoms with van der Waals surface area (Å²) in [6, 6.07) is 12.4. The van der Waals surface area contributed by atoms with Crippen molar-refractivity contribution in [2.75, 3.05) is 13.7 Å². The summed E-state index contributed by atoms with van der Waals surface area (Å²) in [4.78, 5) is 33.0. The second-order valence-corrected chi connectivity index (χ2v) is 13.0. The number of carbonyl (C=O) groups excluding carboxylic acids is 1. The third kappa shape index (κ3) is 8.57. The van der Waals surface area contributed by atoms with Crippen molar-refractivity contribution < 1.29 is 28.2 Å². The summed E-state index contributed by atoms with van der Waals surface area (Å²) >= 11 is 13.9. The molecule has 1 heterocycles. The Hall–Kier alpha value is -4.33. The molecule has 48 heavy (non-hydrogen) atoms. The molecule has 4 aromatic rings. The number of hydrogen-bond donors (Lipinski definition) is 4. The van der Waals surface area contributed by atoms with Gasteiger partial charge in [-0.15, -0.1) is 0 Å². The number of aliphatic carboxylic acids is 1. The van der Waals surface area contributed by atoms with E-state index >= 15 is 4.39 Å². The number of hydrogen-bond acceptors (Lipinski definition) is 6. The first kappa shape index (κ1) is 36.5. The normalized spacial score (nSPS) is 12.0. The molecule has 10 nitrogen and oxygen atoms in total. The number of nitrogens with zero attached hydrogens (tertiary/aromatic N) is 3. The van der Waals surface area contributed by atoms with Crippen LogP contribution in [0.3, 0.4) is 0 Å². The average Bonchev–Trinajstić information content (AvgIpc) is 3.47. The van der Waals surface area contributed by atoms with E-state index in [0.717, 1.165) is 17.3 Å². The number of amides is 1. The van der Waals surface area contributed by atoms with E-state index in [1.165, 1.54) is 37.1 Å². The maximum absolute atomic E-state index is 15.5. The molecule has 0 saturated carbocycles. The maximum Gasteiger partial charge on any atom is 0.326 e. The van der Waals surface area contributed by atoms with E-state index in [1.54, 1.807) is 24.4 Å². The molecule has 1 atom stereocenters. The van der Waals surface area contributed by atoms with Crippen molar-refractivity contribution in [2.24, 2.45) is 16.5 Å². The van der Waals surface area contributed by atoms with E-state index in [9.17, 15) is 19.1 Å². The molecule has 0 bridgehead atoms. The zero-order valence-corrected chi connectivity index (χ0v) is 28.6. The minimum atomic E-state index is -1.26. The first-order chi connectivity index (χ1) is 22.7. The second-order valence-electron chi connectivity index (χ2n) is 11.2. The monoisotopic (exact) mass is 718 g/mol. The maximum atomic E-state index is 15.5. The van der Waals surface area contributed by atoms with Crippen molar-refractivity contribution in [1.29, 1.82) is 0 Å². The number of carboxylic acid groups (broad SMARTS) is 1. The molecule has 0 spiro atoms. The van der Waals surface area contributed by atoms with Crippen molar-refractivity contribution in [3.8, 4) is 11.4 Å². The lowest BCUT2D eigenvalue weighted by Crippen LogP contribution is -2.41. The Bertz CT molecular complexity index is 1810. The van der Waals surface area contributed by atoms with E-state index in [4.69, 9.17) is 39.4 Å². The van der Waals surface area contributed by atoms with Gasteiger partial charge in [-0.2, -0.15) is 0 Å². The minimum absolute atomic E-state index is 0.0269. The molecular formula is C33H34Cl2F2N6O4S. The van der Waals surface area contributed by atoms with Crippen molar-refractivity contribution in [2.45, 2.75) is 49.1 Å². The van der Waals surface area contributed by atoms with Crippen molar-refractivity contribution in [3.63, 3.8) is 0 Å². The van der Waals surface area contributed by atoms with Gasteiger partial charge in [0.25, 0.3) is 5.91 Å². The molecule has 1 aromatic heterocycles. The quantitative estimate of drug-likeness (QED) is 0.0511. The lowest BCUT2D eigenvalue weighted by molar-refractivity contribution is -0.139. The number of carboxylic acids is 1. The highest BCUT2D eigenvalue weighted by Crippen LogP contribution is 2.39. The van der Waals surface area contributed by atoms with Gasteiger partial charge in [-0.05, 0) is 66.9 Å². The standard InChI is InChI=1S/C33H34Cl2F2N6O4S/c1-33(2,19-6-11-23(34)27(15-19)47-3)28-16-41-32(43(28)21-9-7-20(36)8-10-21)48-17-22-24(35)13-18(14-25(22)37)29(44)42-26(30(45)46)5-4-12-40-31(38)39/h6-11,13-16,26H,4-5,12,17H2,1-3H3,(H,42,44)(H,45,46)(H4,38,39,40). The number of halogens is 4. The molecule has 1 amide bonds. The molecule has 1 unspecified atom stereocenters. The zero-order valence-electron chi connectivity index (χ0n) is 26.3. The number of nitrogens with two attached hydrogens (primary N) is 2. The molecule has 0 fully saturated rings. The highest BCUT2D eigenvalue weighted by Gasteiger charge is 2.31. The number of benzene rings is 3. The van der Waals surface area contributed by atoms with Gasteiger partial charge in [-0.25, -0.2) is 18.6 Å². The van der Waals surface area contributed by atoms with Gasteiger partial charge in [0.15, 0.2) is 11.1 Å². The van der Waals surface area contributed by atoms with Crippen molar-refractivity contribution >= 4 is 52.8 Å². The molecule has 0 aliphatic heterocycles. The van der Waals surface area contributed by atoms with E-state index in [0.29, 0.717) is 28.0 Å². The Morgan fingerprint density at radius 3 is 2.44 bits per heavy atom. The van der Waals surface area contributed by atoms with Crippen LogP contribution >= 0.6 is 35.0 Å². The van der Waals surface area contributed by atoms with E-state index in [2.05, 4.69) is 15.3 Å². The summed E-state index contributed by atoms with van der Waals surface area (Å²) in [5.74, 6) is -2.82. The molecule has 0 aliphatic carbocycles. The smallest absolute Gasteiger partial charge is 0.326 e. The number of methoxy groups -OCH3 is 1. The van der Waals surface area contributed by atoms with Crippen LogP contribution in [0.25, 0.3) is 5.69 Å². The van der Waals surface area contributed by atoms with Crippen LogP contribution in [-0.2, 0) is 16.0 Å².